The average Bonchev–Trinajstić information content (AvgIpc) is 2.64. The van der Waals surface area contributed by atoms with E-state index in [2.05, 4.69) is 10.1 Å². The molecule has 0 aromatic heterocycles. The van der Waals surface area contributed by atoms with Gasteiger partial charge < -0.3 is 19.5 Å². The minimum atomic E-state index is -2.97. The molecule has 0 bridgehead atoms. The molecule has 1 amide bonds. The number of rotatable bonds is 9. The van der Waals surface area contributed by atoms with Gasteiger partial charge in [0.15, 0.2) is 18.1 Å². The molecule has 0 aliphatic carbocycles. The number of methoxy groups -OCH3 is 1. The van der Waals surface area contributed by atoms with E-state index in [-0.39, 0.29) is 30.3 Å². The molecule has 0 aliphatic rings. The molecule has 150 valence electrons. The quantitative estimate of drug-likeness (QED) is 0.516. The average molecular weight is 396 g/mol. The Balaban J connectivity index is 1.88. The number of nitrogens with zero attached hydrogens (tertiary/aromatic N) is 1. The lowest BCUT2D eigenvalue weighted by molar-refractivity contribution is -0.385. The first-order chi connectivity index (χ1) is 13.3. The van der Waals surface area contributed by atoms with Crippen LogP contribution in [0, 0.1) is 17.0 Å². The van der Waals surface area contributed by atoms with Crippen LogP contribution in [0.25, 0.3) is 0 Å². The standard InChI is InChI=1S/C18H18F2N2O6/c1-11-7-13(4-5-14(11)22(24)25)27-10-17(23)21-9-12-3-6-15(28-18(19)20)16(8-12)26-2/h3-8,18H,9-10H2,1-2H3,(H,21,23). The summed E-state index contributed by atoms with van der Waals surface area (Å²) in [5.74, 6) is -0.0922. The molecule has 28 heavy (non-hydrogen) atoms. The van der Waals surface area contributed by atoms with Gasteiger partial charge in [0.2, 0.25) is 0 Å². The molecule has 2 aromatic rings. The highest BCUT2D eigenvalue weighted by Crippen LogP contribution is 2.29. The van der Waals surface area contributed by atoms with E-state index in [1.807, 2.05) is 0 Å². The lowest BCUT2D eigenvalue weighted by atomic mass is 10.2. The Morgan fingerprint density at radius 2 is 1.96 bits per heavy atom. The lowest BCUT2D eigenvalue weighted by Gasteiger charge is -2.12. The first-order valence-electron chi connectivity index (χ1n) is 8.06. The Morgan fingerprint density at radius 1 is 1.21 bits per heavy atom. The van der Waals surface area contributed by atoms with Crippen LogP contribution in [0.3, 0.4) is 0 Å². The Kier molecular flexibility index (Phi) is 7.08. The Hall–Kier alpha value is -3.43. The number of benzene rings is 2. The smallest absolute Gasteiger partial charge is 0.387 e. The molecule has 8 nitrogen and oxygen atoms in total. The molecule has 0 radical (unpaired) electrons. The maximum Gasteiger partial charge on any atom is 0.387 e. The zero-order valence-electron chi connectivity index (χ0n) is 15.1. The van der Waals surface area contributed by atoms with Gasteiger partial charge in [-0.3, -0.25) is 14.9 Å². The van der Waals surface area contributed by atoms with Crippen LogP contribution in [-0.2, 0) is 11.3 Å². The van der Waals surface area contributed by atoms with E-state index in [0.717, 1.165) is 0 Å². The second-order valence-electron chi connectivity index (χ2n) is 5.63. The van der Waals surface area contributed by atoms with Crippen molar-refractivity contribution in [3.05, 3.63) is 57.6 Å². The normalized spacial score (nSPS) is 10.5. The van der Waals surface area contributed by atoms with Gasteiger partial charge in [-0.25, -0.2) is 0 Å². The van der Waals surface area contributed by atoms with Crippen molar-refractivity contribution >= 4 is 11.6 Å². The monoisotopic (exact) mass is 396 g/mol. The van der Waals surface area contributed by atoms with Gasteiger partial charge >= 0.3 is 6.61 Å². The zero-order valence-corrected chi connectivity index (χ0v) is 15.1. The van der Waals surface area contributed by atoms with E-state index in [4.69, 9.17) is 9.47 Å². The van der Waals surface area contributed by atoms with E-state index < -0.39 is 17.4 Å². The van der Waals surface area contributed by atoms with Crippen molar-refractivity contribution in [1.82, 2.24) is 5.32 Å². The van der Waals surface area contributed by atoms with E-state index in [1.54, 1.807) is 6.92 Å². The first-order valence-corrected chi connectivity index (χ1v) is 8.06. The summed E-state index contributed by atoms with van der Waals surface area (Å²) >= 11 is 0. The van der Waals surface area contributed by atoms with Gasteiger partial charge in [-0.1, -0.05) is 6.07 Å². The molecule has 0 aliphatic heterocycles. The minimum absolute atomic E-state index is 0.0370. The van der Waals surface area contributed by atoms with E-state index in [0.29, 0.717) is 16.9 Å². The third-order valence-corrected chi connectivity index (χ3v) is 3.67. The van der Waals surface area contributed by atoms with Crippen LogP contribution >= 0.6 is 0 Å². The summed E-state index contributed by atoms with van der Waals surface area (Å²) in [5.41, 5.74) is 0.990. The Bertz CT molecular complexity index is 860. The third kappa shape index (κ3) is 5.79. The van der Waals surface area contributed by atoms with Crippen molar-refractivity contribution < 1.29 is 32.7 Å². The lowest BCUT2D eigenvalue weighted by Crippen LogP contribution is -2.28. The molecule has 0 atom stereocenters. The summed E-state index contributed by atoms with van der Waals surface area (Å²) in [6, 6.07) is 8.49. The number of hydrogen-bond donors (Lipinski definition) is 1. The van der Waals surface area contributed by atoms with Gasteiger partial charge in [0.25, 0.3) is 11.6 Å². The number of nitro benzene ring substituents is 1. The number of nitro groups is 1. The van der Waals surface area contributed by atoms with E-state index in [1.165, 1.54) is 43.5 Å². The number of aryl methyl sites for hydroxylation is 1. The van der Waals surface area contributed by atoms with Gasteiger partial charge in [-0.2, -0.15) is 8.78 Å². The maximum atomic E-state index is 12.3. The van der Waals surface area contributed by atoms with Crippen molar-refractivity contribution in [3.8, 4) is 17.2 Å². The largest absolute Gasteiger partial charge is 0.493 e. The predicted molar refractivity (Wildman–Crippen MR) is 94.8 cm³/mol. The summed E-state index contributed by atoms with van der Waals surface area (Å²) in [5, 5.41) is 13.4. The summed E-state index contributed by atoms with van der Waals surface area (Å²) in [6.07, 6.45) is 0. The molecule has 0 fully saturated rings. The molecule has 0 saturated heterocycles. The molecular formula is C18H18F2N2O6. The molecule has 0 unspecified atom stereocenters. The van der Waals surface area contributed by atoms with Gasteiger partial charge in [-0.15, -0.1) is 0 Å². The first kappa shape index (κ1) is 20.9. The summed E-state index contributed by atoms with van der Waals surface area (Å²) in [7, 11) is 1.32. The van der Waals surface area contributed by atoms with Crippen molar-refractivity contribution in [3.63, 3.8) is 0 Å². The fourth-order valence-electron chi connectivity index (χ4n) is 2.34. The molecular weight excluding hydrogens is 378 g/mol. The predicted octanol–water partition coefficient (Wildman–Crippen LogP) is 3.21. The highest BCUT2D eigenvalue weighted by atomic mass is 19.3. The molecule has 2 rings (SSSR count). The third-order valence-electron chi connectivity index (χ3n) is 3.67. The minimum Gasteiger partial charge on any atom is -0.493 e. The van der Waals surface area contributed by atoms with Crippen LogP contribution in [0.1, 0.15) is 11.1 Å². The number of halogens is 2. The number of amides is 1. The number of alkyl halides is 2. The van der Waals surface area contributed by atoms with Crippen LogP contribution in [-0.4, -0.2) is 31.2 Å². The van der Waals surface area contributed by atoms with Crippen LogP contribution in [0.2, 0.25) is 0 Å². The molecule has 0 saturated carbocycles. The van der Waals surface area contributed by atoms with Gasteiger partial charge in [-0.05, 0) is 36.8 Å². The van der Waals surface area contributed by atoms with E-state index >= 15 is 0 Å². The zero-order chi connectivity index (χ0) is 20.7. The summed E-state index contributed by atoms with van der Waals surface area (Å²) in [6.45, 7) is -1.58. The second kappa shape index (κ2) is 9.49. The fraction of sp³-hybridized carbons (Fsp3) is 0.278. The number of carbonyl (C=O) groups excluding carboxylic acids is 1. The SMILES string of the molecule is COc1cc(CNC(=O)COc2ccc([N+](=O)[O-])c(C)c2)ccc1OC(F)F. The van der Waals surface area contributed by atoms with Crippen molar-refractivity contribution in [2.75, 3.05) is 13.7 Å². The number of nitrogens with one attached hydrogen (secondary N) is 1. The maximum absolute atomic E-state index is 12.3. The Morgan fingerprint density at radius 3 is 2.57 bits per heavy atom. The molecule has 10 heteroatoms. The fourth-order valence-corrected chi connectivity index (χ4v) is 2.34. The summed E-state index contributed by atoms with van der Waals surface area (Å²) < 4.78 is 39.3. The Labute approximate surface area is 159 Å². The summed E-state index contributed by atoms with van der Waals surface area (Å²) in [4.78, 5) is 22.2. The second-order valence-corrected chi connectivity index (χ2v) is 5.63. The van der Waals surface area contributed by atoms with E-state index in [9.17, 15) is 23.7 Å². The molecule has 0 heterocycles. The molecule has 2 aromatic carbocycles. The van der Waals surface area contributed by atoms with Crippen molar-refractivity contribution in [1.29, 1.82) is 0 Å². The van der Waals surface area contributed by atoms with Crippen molar-refractivity contribution in [2.24, 2.45) is 0 Å². The van der Waals surface area contributed by atoms with Gasteiger partial charge in [0.1, 0.15) is 5.75 Å². The van der Waals surface area contributed by atoms with Gasteiger partial charge in [0.05, 0.1) is 12.0 Å². The topological polar surface area (TPSA) is 99.9 Å². The number of hydrogen-bond acceptors (Lipinski definition) is 6. The van der Waals surface area contributed by atoms with Crippen LogP contribution in [0.15, 0.2) is 36.4 Å². The van der Waals surface area contributed by atoms with Crippen LogP contribution < -0.4 is 19.5 Å². The number of carbonyl (C=O) groups is 1. The highest BCUT2D eigenvalue weighted by molar-refractivity contribution is 5.77. The molecule has 1 N–H and O–H groups in total. The number of ether oxygens (including phenoxy) is 3. The highest BCUT2D eigenvalue weighted by Gasteiger charge is 2.13. The van der Waals surface area contributed by atoms with Crippen molar-refractivity contribution in [2.45, 2.75) is 20.1 Å². The van der Waals surface area contributed by atoms with Gasteiger partial charge in [0, 0.05) is 18.2 Å². The molecule has 0 spiro atoms. The van der Waals surface area contributed by atoms with Crippen LogP contribution in [0.4, 0.5) is 14.5 Å². The van der Waals surface area contributed by atoms with Crippen LogP contribution in [0.5, 0.6) is 17.2 Å².